The number of aliphatic hydroxyl groups excluding tert-OH is 1. The van der Waals surface area contributed by atoms with E-state index in [-0.39, 0.29) is 36.6 Å². The number of hydrazone groups is 1. The summed E-state index contributed by atoms with van der Waals surface area (Å²) in [6, 6.07) is 6.77. The molecule has 0 aromatic heterocycles. The molecule has 2 heterocycles. The number of hydrogen-bond acceptors (Lipinski definition) is 5. The van der Waals surface area contributed by atoms with Gasteiger partial charge in [-0.15, -0.1) is 5.10 Å². The van der Waals surface area contributed by atoms with E-state index in [9.17, 15) is 23.1 Å². The molecule has 0 bridgehead atoms. The molecule has 29 heavy (non-hydrogen) atoms. The monoisotopic (exact) mass is 405 g/mol. The average molecular weight is 405 g/mol. The minimum Gasteiger partial charge on any atom is -0.442 e. The van der Waals surface area contributed by atoms with E-state index < -0.39 is 35.0 Å². The van der Waals surface area contributed by atoms with Gasteiger partial charge < -0.3 is 15.2 Å². The first-order chi connectivity index (χ1) is 13.9. The van der Waals surface area contributed by atoms with Crippen molar-refractivity contribution in [2.75, 3.05) is 18.5 Å². The summed E-state index contributed by atoms with van der Waals surface area (Å²) in [5, 5.41) is 17.8. The van der Waals surface area contributed by atoms with Gasteiger partial charge in [-0.2, -0.15) is 5.01 Å². The largest absolute Gasteiger partial charge is 0.442 e. The van der Waals surface area contributed by atoms with E-state index in [4.69, 9.17) is 4.74 Å². The predicted octanol–water partition coefficient (Wildman–Crippen LogP) is 2.92. The Balaban J connectivity index is 1.91. The fraction of sp³-hybridized carbons (Fsp3) is 0.300. The van der Waals surface area contributed by atoms with Crippen LogP contribution in [0.4, 0.5) is 18.9 Å². The molecule has 2 aliphatic rings. The van der Waals surface area contributed by atoms with Gasteiger partial charge in [0.05, 0.1) is 5.56 Å². The smallest absolute Gasteiger partial charge is 0.244 e. The molecule has 152 valence electrons. The molecule has 1 spiro atoms. The number of rotatable bonds is 3. The minimum atomic E-state index is -1.61. The summed E-state index contributed by atoms with van der Waals surface area (Å²) >= 11 is 0. The molecule has 2 aliphatic heterocycles. The summed E-state index contributed by atoms with van der Waals surface area (Å²) in [6.07, 6.45) is 0.196. The number of anilines is 1. The first-order valence-corrected chi connectivity index (χ1v) is 9.05. The van der Waals surface area contributed by atoms with Crippen molar-refractivity contribution in [2.45, 2.75) is 19.1 Å². The molecule has 2 atom stereocenters. The summed E-state index contributed by atoms with van der Waals surface area (Å²) < 4.78 is 48.3. The van der Waals surface area contributed by atoms with Crippen LogP contribution in [0.15, 0.2) is 41.5 Å². The van der Waals surface area contributed by atoms with Gasteiger partial charge in [0.25, 0.3) is 0 Å². The molecular formula is C20H18F3N3O3. The van der Waals surface area contributed by atoms with Crippen LogP contribution in [0.1, 0.15) is 24.5 Å². The lowest BCUT2D eigenvalue weighted by Crippen LogP contribution is -2.54. The predicted molar refractivity (Wildman–Crippen MR) is 98.3 cm³/mol. The molecule has 0 saturated carbocycles. The standard InChI is InChI=1S/C20H18F3N3O3/c1-11(28)26-20(29-19(25-26)15-8-13(21)2-4-17(15)23)12(6-7-27)10-24-18-5-3-14(22)9-16(18)20/h2-5,8-9,12,24,27H,6-7,10H2,1H3. The van der Waals surface area contributed by atoms with Crippen LogP contribution in [-0.4, -0.2) is 35.1 Å². The second-order valence-electron chi connectivity index (χ2n) is 6.94. The first kappa shape index (κ1) is 19.3. The zero-order valence-electron chi connectivity index (χ0n) is 15.5. The lowest BCUT2D eigenvalue weighted by molar-refractivity contribution is -0.161. The van der Waals surface area contributed by atoms with Gasteiger partial charge in [0.1, 0.15) is 17.5 Å². The highest BCUT2D eigenvalue weighted by Gasteiger charge is 2.57. The molecule has 1 amide bonds. The molecule has 0 aliphatic carbocycles. The quantitative estimate of drug-likeness (QED) is 0.824. The molecule has 6 nitrogen and oxygen atoms in total. The average Bonchev–Trinajstić information content (AvgIpc) is 3.08. The highest BCUT2D eigenvalue weighted by Crippen LogP contribution is 2.49. The van der Waals surface area contributed by atoms with Crippen molar-refractivity contribution < 1.29 is 27.8 Å². The van der Waals surface area contributed by atoms with Gasteiger partial charge in [-0.05, 0) is 42.8 Å². The van der Waals surface area contributed by atoms with Gasteiger partial charge in [-0.3, -0.25) is 4.79 Å². The van der Waals surface area contributed by atoms with Gasteiger partial charge in [-0.25, -0.2) is 13.2 Å². The Hall–Kier alpha value is -3.07. The number of carbonyl (C=O) groups excluding carboxylic acids is 1. The molecule has 9 heteroatoms. The van der Waals surface area contributed by atoms with Crippen molar-refractivity contribution in [3.8, 4) is 0 Å². The second kappa shape index (κ2) is 7.07. The number of nitrogens with zero attached hydrogens (tertiary/aromatic N) is 2. The van der Waals surface area contributed by atoms with E-state index in [0.717, 1.165) is 23.2 Å². The van der Waals surface area contributed by atoms with Gasteiger partial charge in [0.2, 0.25) is 17.5 Å². The molecule has 2 aromatic rings. The Morgan fingerprint density at radius 3 is 2.72 bits per heavy atom. The van der Waals surface area contributed by atoms with Crippen molar-refractivity contribution in [1.29, 1.82) is 0 Å². The van der Waals surface area contributed by atoms with E-state index in [2.05, 4.69) is 10.4 Å². The van der Waals surface area contributed by atoms with Crippen LogP contribution in [0.5, 0.6) is 0 Å². The molecule has 2 aromatic carbocycles. The van der Waals surface area contributed by atoms with Crippen LogP contribution < -0.4 is 5.32 Å². The lowest BCUT2D eigenvalue weighted by atomic mass is 9.81. The van der Waals surface area contributed by atoms with Gasteiger partial charge in [0, 0.05) is 37.2 Å². The summed E-state index contributed by atoms with van der Waals surface area (Å²) in [5.74, 6) is -3.41. The maximum Gasteiger partial charge on any atom is 0.244 e. The van der Waals surface area contributed by atoms with E-state index in [1.54, 1.807) is 0 Å². The number of amides is 1. The van der Waals surface area contributed by atoms with Crippen molar-refractivity contribution in [1.82, 2.24) is 5.01 Å². The van der Waals surface area contributed by atoms with Crippen molar-refractivity contribution >= 4 is 17.5 Å². The highest BCUT2D eigenvalue weighted by atomic mass is 19.1. The minimum absolute atomic E-state index is 0.196. The third-order valence-electron chi connectivity index (χ3n) is 5.15. The number of halogens is 3. The molecular weight excluding hydrogens is 387 g/mol. The Kier molecular flexibility index (Phi) is 4.70. The number of fused-ring (bicyclic) bond motifs is 2. The lowest BCUT2D eigenvalue weighted by Gasteiger charge is -2.45. The van der Waals surface area contributed by atoms with Crippen LogP contribution in [0, 0.1) is 23.4 Å². The summed E-state index contributed by atoms with van der Waals surface area (Å²) in [7, 11) is 0. The zero-order valence-corrected chi connectivity index (χ0v) is 15.5. The summed E-state index contributed by atoms with van der Waals surface area (Å²) in [4.78, 5) is 12.5. The molecule has 2 N–H and O–H groups in total. The van der Waals surface area contributed by atoms with E-state index >= 15 is 0 Å². The van der Waals surface area contributed by atoms with Gasteiger partial charge >= 0.3 is 0 Å². The molecule has 2 unspecified atom stereocenters. The Morgan fingerprint density at radius 1 is 1.28 bits per heavy atom. The number of carbonyl (C=O) groups is 1. The van der Waals surface area contributed by atoms with E-state index in [1.165, 1.54) is 25.1 Å². The number of ether oxygens (including phenoxy) is 1. The van der Waals surface area contributed by atoms with Crippen molar-refractivity contribution in [2.24, 2.45) is 11.0 Å². The molecule has 4 rings (SSSR count). The maximum atomic E-state index is 14.4. The number of hydrogen-bond donors (Lipinski definition) is 2. The zero-order chi connectivity index (χ0) is 20.8. The number of aliphatic hydroxyl groups is 1. The van der Waals surface area contributed by atoms with Crippen molar-refractivity contribution in [3.05, 3.63) is 65.0 Å². The first-order valence-electron chi connectivity index (χ1n) is 9.05. The topological polar surface area (TPSA) is 74.2 Å². The van der Waals surface area contributed by atoms with Crippen LogP contribution >= 0.6 is 0 Å². The van der Waals surface area contributed by atoms with Crippen LogP contribution in [0.25, 0.3) is 0 Å². The van der Waals surface area contributed by atoms with E-state index in [1.807, 2.05) is 0 Å². The Labute approximate surface area is 164 Å². The normalized spacial score (nSPS) is 22.7. The van der Waals surface area contributed by atoms with Crippen LogP contribution in [0.3, 0.4) is 0 Å². The molecule has 0 saturated heterocycles. The molecule has 0 radical (unpaired) electrons. The fourth-order valence-electron chi connectivity index (χ4n) is 3.89. The summed E-state index contributed by atoms with van der Waals surface area (Å²) in [6.45, 7) is 1.31. The van der Waals surface area contributed by atoms with Gasteiger partial charge in [-0.1, -0.05) is 0 Å². The maximum absolute atomic E-state index is 14.4. The van der Waals surface area contributed by atoms with Gasteiger partial charge in [0.15, 0.2) is 0 Å². The summed E-state index contributed by atoms with van der Waals surface area (Å²) in [5.41, 5.74) is -1.06. The third-order valence-corrected chi connectivity index (χ3v) is 5.15. The Bertz CT molecular complexity index is 1010. The van der Waals surface area contributed by atoms with Crippen LogP contribution in [0.2, 0.25) is 0 Å². The fourth-order valence-corrected chi connectivity index (χ4v) is 3.89. The number of nitrogens with one attached hydrogen (secondary N) is 1. The van der Waals surface area contributed by atoms with Crippen molar-refractivity contribution in [3.63, 3.8) is 0 Å². The number of benzene rings is 2. The highest BCUT2D eigenvalue weighted by molar-refractivity contribution is 5.97. The SMILES string of the molecule is CC(=O)N1N=C(c2cc(F)ccc2F)OC12c1cc(F)ccc1NCC2CCO. The third kappa shape index (κ3) is 3.02. The molecule has 0 fully saturated rings. The van der Waals surface area contributed by atoms with E-state index in [0.29, 0.717) is 5.69 Å². The second-order valence-corrected chi connectivity index (χ2v) is 6.94. The van der Waals surface area contributed by atoms with Crippen LogP contribution in [-0.2, 0) is 15.3 Å². The Morgan fingerprint density at radius 2 is 2.00 bits per heavy atom.